The van der Waals surface area contributed by atoms with Gasteiger partial charge in [-0.05, 0) is 41.1 Å². The van der Waals surface area contributed by atoms with Crippen molar-refractivity contribution in [2.75, 3.05) is 5.32 Å². The molecule has 0 aliphatic carbocycles. The molecule has 21 heavy (non-hydrogen) atoms. The molecule has 2 rings (SSSR count). The number of carboxylic acids is 1. The van der Waals surface area contributed by atoms with Gasteiger partial charge in [0, 0.05) is 15.5 Å². The molecule has 0 saturated heterocycles. The summed E-state index contributed by atoms with van der Waals surface area (Å²) in [5.41, 5.74) is 1.40. The highest BCUT2D eigenvalue weighted by Crippen LogP contribution is 2.23. The molecular formula is C13H12BrN3O3S. The second-order valence-corrected chi connectivity index (χ2v) is 5.99. The van der Waals surface area contributed by atoms with Crippen molar-refractivity contribution >= 4 is 45.0 Å². The van der Waals surface area contributed by atoms with E-state index in [1.54, 1.807) is 6.07 Å². The predicted molar refractivity (Wildman–Crippen MR) is 83.8 cm³/mol. The molecule has 1 heterocycles. The first-order valence-corrected chi connectivity index (χ1v) is 7.61. The number of nitrogens with one attached hydrogen (secondary N) is 2. The molecular weight excluding hydrogens is 358 g/mol. The Morgan fingerprint density at radius 2 is 2.19 bits per heavy atom. The molecule has 0 unspecified atom stereocenters. The maximum Gasteiger partial charge on any atom is 0.335 e. The number of benzene rings is 1. The van der Waals surface area contributed by atoms with Gasteiger partial charge in [-0.15, -0.1) is 11.3 Å². The Kier molecular flexibility index (Phi) is 4.92. The zero-order valence-electron chi connectivity index (χ0n) is 11.0. The summed E-state index contributed by atoms with van der Waals surface area (Å²) in [6.45, 7) is 2.20. The van der Waals surface area contributed by atoms with Crippen molar-refractivity contribution in [3.05, 3.63) is 44.3 Å². The Balaban J connectivity index is 1.99. The van der Waals surface area contributed by atoms with Gasteiger partial charge in [-0.2, -0.15) is 0 Å². The predicted octanol–water partition coefficient (Wildman–Crippen LogP) is 3.23. The maximum absolute atomic E-state index is 11.8. The number of thiazole rings is 1. The van der Waals surface area contributed by atoms with Crippen molar-refractivity contribution in [3.8, 4) is 0 Å². The van der Waals surface area contributed by atoms with Crippen LogP contribution < -0.4 is 10.6 Å². The molecule has 8 heteroatoms. The van der Waals surface area contributed by atoms with Gasteiger partial charge in [0.1, 0.15) is 5.01 Å². The van der Waals surface area contributed by atoms with Crippen LogP contribution in [0.5, 0.6) is 0 Å². The molecule has 6 nitrogen and oxygen atoms in total. The summed E-state index contributed by atoms with van der Waals surface area (Å²) in [7, 11) is 0. The Hall–Kier alpha value is -1.93. The first-order valence-electron chi connectivity index (χ1n) is 5.94. The molecule has 110 valence electrons. The molecule has 0 saturated carbocycles. The third-order valence-corrected chi connectivity index (χ3v) is 4.19. The van der Waals surface area contributed by atoms with Crippen LogP contribution >= 0.6 is 27.3 Å². The van der Waals surface area contributed by atoms with Gasteiger partial charge >= 0.3 is 12.0 Å². The van der Waals surface area contributed by atoms with Crippen molar-refractivity contribution in [1.29, 1.82) is 0 Å². The van der Waals surface area contributed by atoms with Crippen LogP contribution in [0.2, 0.25) is 0 Å². The van der Waals surface area contributed by atoms with E-state index in [2.05, 4.69) is 31.5 Å². The van der Waals surface area contributed by atoms with Crippen LogP contribution in [-0.2, 0) is 6.54 Å². The molecule has 0 aliphatic rings. The van der Waals surface area contributed by atoms with Gasteiger partial charge in [0.15, 0.2) is 0 Å². The highest BCUT2D eigenvalue weighted by atomic mass is 79.9. The first-order chi connectivity index (χ1) is 9.95. The molecule has 2 amide bonds. The van der Waals surface area contributed by atoms with E-state index in [0.29, 0.717) is 16.7 Å². The summed E-state index contributed by atoms with van der Waals surface area (Å²) in [6, 6.07) is 3.99. The number of rotatable bonds is 4. The quantitative estimate of drug-likeness (QED) is 0.771. The minimum absolute atomic E-state index is 0.101. The van der Waals surface area contributed by atoms with E-state index < -0.39 is 12.0 Å². The SMILES string of the molecule is Cc1csc(CNC(=O)Nc2cc(C(=O)O)ccc2Br)n1. The molecule has 0 bridgehead atoms. The van der Waals surface area contributed by atoms with Gasteiger partial charge in [0.25, 0.3) is 0 Å². The van der Waals surface area contributed by atoms with E-state index in [4.69, 9.17) is 5.11 Å². The zero-order valence-corrected chi connectivity index (χ0v) is 13.4. The average Bonchev–Trinajstić information content (AvgIpc) is 2.84. The van der Waals surface area contributed by atoms with Crippen LogP contribution in [0.3, 0.4) is 0 Å². The largest absolute Gasteiger partial charge is 0.478 e. The monoisotopic (exact) mass is 369 g/mol. The average molecular weight is 370 g/mol. The number of carbonyl (C=O) groups excluding carboxylic acids is 1. The Morgan fingerprint density at radius 1 is 1.43 bits per heavy atom. The van der Waals surface area contributed by atoms with Crippen molar-refractivity contribution in [3.63, 3.8) is 0 Å². The number of aromatic nitrogens is 1. The number of aromatic carboxylic acids is 1. The summed E-state index contributed by atoms with van der Waals surface area (Å²) in [5.74, 6) is -1.05. The second kappa shape index (κ2) is 6.68. The number of amides is 2. The molecule has 0 atom stereocenters. The van der Waals surface area contributed by atoms with E-state index in [-0.39, 0.29) is 5.56 Å². The van der Waals surface area contributed by atoms with Crippen LogP contribution in [0.4, 0.5) is 10.5 Å². The lowest BCUT2D eigenvalue weighted by Crippen LogP contribution is -2.28. The molecule has 3 N–H and O–H groups in total. The fourth-order valence-electron chi connectivity index (χ4n) is 1.56. The first kappa shape index (κ1) is 15.5. The number of anilines is 1. The number of aryl methyl sites for hydroxylation is 1. The van der Waals surface area contributed by atoms with Crippen molar-refractivity contribution in [2.45, 2.75) is 13.5 Å². The summed E-state index contributed by atoms with van der Waals surface area (Å²) < 4.78 is 0.604. The Labute approximate surface area is 133 Å². The molecule has 0 fully saturated rings. The second-order valence-electron chi connectivity index (χ2n) is 4.19. The summed E-state index contributed by atoms with van der Waals surface area (Å²) in [6.07, 6.45) is 0. The van der Waals surface area contributed by atoms with Gasteiger partial charge in [0.05, 0.1) is 17.8 Å². The maximum atomic E-state index is 11.8. The van der Waals surface area contributed by atoms with Crippen LogP contribution in [0.25, 0.3) is 0 Å². The molecule has 0 radical (unpaired) electrons. The molecule has 2 aromatic rings. The van der Waals surface area contributed by atoms with Crippen LogP contribution in [0, 0.1) is 6.92 Å². The standard InChI is InChI=1S/C13H12BrN3O3S/c1-7-6-21-11(16-7)5-15-13(20)17-10-4-8(12(18)19)2-3-9(10)14/h2-4,6H,5H2,1H3,(H,18,19)(H2,15,17,20). The van der Waals surface area contributed by atoms with Gasteiger partial charge in [-0.25, -0.2) is 14.6 Å². The fraction of sp³-hybridized carbons (Fsp3) is 0.154. The number of carboxylic acid groups (broad SMARTS) is 1. The summed E-state index contributed by atoms with van der Waals surface area (Å²) in [5, 5.41) is 16.9. The highest BCUT2D eigenvalue weighted by Gasteiger charge is 2.10. The van der Waals surface area contributed by atoms with E-state index >= 15 is 0 Å². The number of hydrogen-bond acceptors (Lipinski definition) is 4. The highest BCUT2D eigenvalue weighted by molar-refractivity contribution is 9.10. The van der Waals surface area contributed by atoms with Crippen LogP contribution in [-0.4, -0.2) is 22.1 Å². The topological polar surface area (TPSA) is 91.3 Å². The van der Waals surface area contributed by atoms with E-state index in [1.165, 1.54) is 23.5 Å². The van der Waals surface area contributed by atoms with Crippen molar-refractivity contribution in [1.82, 2.24) is 10.3 Å². The van der Waals surface area contributed by atoms with E-state index in [0.717, 1.165) is 10.7 Å². The Morgan fingerprint density at radius 3 is 2.81 bits per heavy atom. The molecule has 0 spiro atoms. The smallest absolute Gasteiger partial charge is 0.335 e. The number of carbonyl (C=O) groups is 2. The van der Waals surface area contributed by atoms with Gasteiger partial charge in [-0.1, -0.05) is 0 Å². The van der Waals surface area contributed by atoms with Crippen molar-refractivity contribution in [2.24, 2.45) is 0 Å². The van der Waals surface area contributed by atoms with Gasteiger partial charge in [0.2, 0.25) is 0 Å². The normalized spacial score (nSPS) is 10.2. The zero-order chi connectivity index (χ0) is 15.4. The lowest BCUT2D eigenvalue weighted by atomic mass is 10.2. The summed E-state index contributed by atoms with van der Waals surface area (Å²) in [4.78, 5) is 27.0. The number of hydrogen-bond donors (Lipinski definition) is 3. The number of urea groups is 1. The van der Waals surface area contributed by atoms with E-state index in [9.17, 15) is 9.59 Å². The molecule has 1 aromatic carbocycles. The third-order valence-electron chi connectivity index (χ3n) is 2.53. The fourth-order valence-corrected chi connectivity index (χ4v) is 2.62. The number of halogens is 1. The van der Waals surface area contributed by atoms with Crippen LogP contribution in [0.1, 0.15) is 21.1 Å². The van der Waals surface area contributed by atoms with Crippen LogP contribution in [0.15, 0.2) is 28.1 Å². The minimum Gasteiger partial charge on any atom is -0.478 e. The van der Waals surface area contributed by atoms with Gasteiger partial charge < -0.3 is 15.7 Å². The van der Waals surface area contributed by atoms with Gasteiger partial charge in [-0.3, -0.25) is 0 Å². The van der Waals surface area contributed by atoms with Crippen molar-refractivity contribution < 1.29 is 14.7 Å². The number of nitrogens with zero attached hydrogens (tertiary/aromatic N) is 1. The lowest BCUT2D eigenvalue weighted by Gasteiger charge is -2.09. The molecule has 1 aromatic heterocycles. The molecule has 0 aliphatic heterocycles. The summed E-state index contributed by atoms with van der Waals surface area (Å²) >= 11 is 4.73. The third kappa shape index (κ3) is 4.27. The van der Waals surface area contributed by atoms with E-state index in [1.807, 2.05) is 12.3 Å². The lowest BCUT2D eigenvalue weighted by molar-refractivity contribution is 0.0697. The Bertz CT molecular complexity index is 687. The minimum atomic E-state index is -1.05.